The SMILES string of the molecule is CC(C)CCCCCCCCCCCCCCC(=O)[O-].CC(C)CCCCCCCCCCCCCCC(=O)[O-].[Cu+2]. The van der Waals surface area contributed by atoms with Gasteiger partial charge in [-0.1, -0.05) is 182 Å². The van der Waals surface area contributed by atoms with Crippen LogP contribution in [0, 0.1) is 11.8 Å². The van der Waals surface area contributed by atoms with E-state index in [4.69, 9.17) is 0 Å². The summed E-state index contributed by atoms with van der Waals surface area (Å²) in [7, 11) is 0. The Morgan fingerprint density at radius 3 is 0.707 bits per heavy atom. The minimum Gasteiger partial charge on any atom is -0.550 e. The molecule has 0 bridgehead atoms. The van der Waals surface area contributed by atoms with Gasteiger partial charge in [-0.15, -0.1) is 0 Å². The molecule has 249 valence electrons. The topological polar surface area (TPSA) is 80.3 Å². The van der Waals surface area contributed by atoms with E-state index >= 15 is 0 Å². The molecular formula is C36H70CuO4. The average molecular weight is 630 g/mol. The third kappa shape index (κ3) is 49.5. The molecule has 0 rings (SSSR count). The summed E-state index contributed by atoms with van der Waals surface area (Å²) in [5, 5.41) is 20.4. The van der Waals surface area contributed by atoms with Gasteiger partial charge in [-0.05, 0) is 37.5 Å². The summed E-state index contributed by atoms with van der Waals surface area (Å²) in [6.45, 7) is 9.22. The fourth-order valence-electron chi connectivity index (χ4n) is 5.18. The molecule has 0 fully saturated rings. The molecule has 0 unspecified atom stereocenters. The van der Waals surface area contributed by atoms with Gasteiger partial charge in [0.25, 0.3) is 0 Å². The van der Waals surface area contributed by atoms with Gasteiger partial charge in [0.15, 0.2) is 0 Å². The van der Waals surface area contributed by atoms with E-state index in [0.29, 0.717) is 0 Å². The number of aliphatic carboxylic acids is 2. The number of rotatable bonds is 30. The minimum atomic E-state index is -0.904. The van der Waals surface area contributed by atoms with Crippen LogP contribution in [-0.2, 0) is 26.7 Å². The summed E-state index contributed by atoms with van der Waals surface area (Å²) in [6.07, 6.45) is 34.0. The number of hydrogen-bond donors (Lipinski definition) is 0. The van der Waals surface area contributed by atoms with Gasteiger partial charge in [0.1, 0.15) is 0 Å². The molecular weight excluding hydrogens is 560 g/mol. The van der Waals surface area contributed by atoms with Crippen molar-refractivity contribution >= 4 is 11.9 Å². The van der Waals surface area contributed by atoms with E-state index in [0.717, 1.165) is 37.5 Å². The monoisotopic (exact) mass is 629 g/mol. The predicted molar refractivity (Wildman–Crippen MR) is 169 cm³/mol. The van der Waals surface area contributed by atoms with Crippen LogP contribution < -0.4 is 10.2 Å². The summed E-state index contributed by atoms with van der Waals surface area (Å²) < 4.78 is 0. The van der Waals surface area contributed by atoms with Crippen LogP contribution >= 0.6 is 0 Å². The molecule has 0 saturated carbocycles. The summed E-state index contributed by atoms with van der Waals surface area (Å²) in [5.41, 5.74) is 0. The van der Waals surface area contributed by atoms with Crippen molar-refractivity contribution in [3.05, 3.63) is 0 Å². The van der Waals surface area contributed by atoms with Crippen LogP contribution in [0.2, 0.25) is 0 Å². The molecule has 41 heavy (non-hydrogen) atoms. The van der Waals surface area contributed by atoms with Crippen LogP contribution in [0.5, 0.6) is 0 Å². The number of carboxylic acid groups (broad SMARTS) is 2. The Balaban J connectivity index is -0.000000688. The zero-order chi connectivity index (χ0) is 30.1. The largest absolute Gasteiger partial charge is 2.00 e. The smallest absolute Gasteiger partial charge is 0.550 e. The Morgan fingerprint density at radius 2 is 0.537 bits per heavy atom. The molecule has 0 aromatic heterocycles. The van der Waals surface area contributed by atoms with Crippen molar-refractivity contribution in [2.45, 2.75) is 207 Å². The van der Waals surface area contributed by atoms with E-state index in [1.165, 1.54) is 141 Å². The fourth-order valence-corrected chi connectivity index (χ4v) is 5.18. The van der Waals surface area contributed by atoms with Gasteiger partial charge in [-0.25, -0.2) is 0 Å². The van der Waals surface area contributed by atoms with E-state index < -0.39 is 11.9 Å². The third-order valence-corrected chi connectivity index (χ3v) is 7.82. The van der Waals surface area contributed by atoms with Crippen molar-refractivity contribution in [1.82, 2.24) is 0 Å². The number of carboxylic acids is 2. The van der Waals surface area contributed by atoms with Gasteiger partial charge in [0.05, 0.1) is 0 Å². The van der Waals surface area contributed by atoms with Gasteiger partial charge in [0, 0.05) is 11.9 Å². The zero-order valence-corrected chi connectivity index (χ0v) is 28.8. The minimum absolute atomic E-state index is 0. The second kappa shape index (κ2) is 37.5. The van der Waals surface area contributed by atoms with E-state index in [-0.39, 0.29) is 29.9 Å². The molecule has 0 spiro atoms. The van der Waals surface area contributed by atoms with Crippen LogP contribution in [0.25, 0.3) is 0 Å². The summed E-state index contributed by atoms with van der Waals surface area (Å²) in [5.74, 6) is -0.0830. The van der Waals surface area contributed by atoms with E-state index in [2.05, 4.69) is 27.7 Å². The summed E-state index contributed by atoms with van der Waals surface area (Å²) in [4.78, 5) is 20.4. The van der Waals surface area contributed by atoms with Crippen molar-refractivity contribution in [2.24, 2.45) is 11.8 Å². The quantitative estimate of drug-likeness (QED) is 0.0585. The number of carbonyl (C=O) groups is 2. The van der Waals surface area contributed by atoms with E-state index in [1.54, 1.807) is 0 Å². The first-order valence-electron chi connectivity index (χ1n) is 17.6. The Labute approximate surface area is 267 Å². The molecule has 4 nitrogen and oxygen atoms in total. The van der Waals surface area contributed by atoms with Crippen LogP contribution in [0.4, 0.5) is 0 Å². The van der Waals surface area contributed by atoms with Crippen molar-refractivity contribution in [3.8, 4) is 0 Å². The molecule has 0 aromatic carbocycles. The average Bonchev–Trinajstić information content (AvgIpc) is 2.88. The number of hydrogen-bond acceptors (Lipinski definition) is 4. The van der Waals surface area contributed by atoms with Crippen LogP contribution in [-0.4, -0.2) is 11.9 Å². The Morgan fingerprint density at radius 1 is 0.366 bits per heavy atom. The number of carbonyl (C=O) groups excluding carboxylic acids is 2. The first-order valence-corrected chi connectivity index (χ1v) is 17.6. The first-order chi connectivity index (χ1) is 19.3. The molecule has 0 atom stereocenters. The maximum Gasteiger partial charge on any atom is 2.00 e. The fraction of sp³-hybridized carbons (Fsp3) is 0.944. The van der Waals surface area contributed by atoms with Crippen molar-refractivity contribution in [2.75, 3.05) is 0 Å². The van der Waals surface area contributed by atoms with Crippen LogP contribution in [0.1, 0.15) is 207 Å². The molecule has 1 radical (unpaired) electrons. The van der Waals surface area contributed by atoms with E-state index in [9.17, 15) is 19.8 Å². The van der Waals surface area contributed by atoms with Crippen LogP contribution in [0.3, 0.4) is 0 Å². The standard InChI is InChI=1S/2C18H36O2.Cu/c2*1-17(2)15-13-11-9-7-5-3-4-6-8-10-12-14-16-18(19)20;/h2*17H,3-16H2,1-2H3,(H,19,20);/q;;+2/p-2. The van der Waals surface area contributed by atoms with Gasteiger partial charge in [0.2, 0.25) is 0 Å². The molecule has 0 aliphatic heterocycles. The summed E-state index contributed by atoms with van der Waals surface area (Å²) >= 11 is 0. The third-order valence-electron chi connectivity index (χ3n) is 7.82. The van der Waals surface area contributed by atoms with Crippen LogP contribution in [0.15, 0.2) is 0 Å². The van der Waals surface area contributed by atoms with Gasteiger partial charge < -0.3 is 19.8 Å². The molecule has 0 aliphatic rings. The molecule has 0 heterocycles. The molecule has 5 heteroatoms. The van der Waals surface area contributed by atoms with Gasteiger partial charge in [-0.2, -0.15) is 0 Å². The molecule has 0 N–H and O–H groups in total. The Hall–Kier alpha value is -0.541. The van der Waals surface area contributed by atoms with Crippen molar-refractivity contribution in [1.29, 1.82) is 0 Å². The predicted octanol–water partition coefficient (Wildman–Crippen LogP) is 9.70. The van der Waals surface area contributed by atoms with Crippen molar-refractivity contribution in [3.63, 3.8) is 0 Å². The van der Waals surface area contributed by atoms with E-state index in [1.807, 2.05) is 0 Å². The molecule has 0 aromatic rings. The Kier molecular flexibility index (Phi) is 41.0. The maximum absolute atomic E-state index is 10.2. The van der Waals surface area contributed by atoms with Gasteiger partial charge >= 0.3 is 17.1 Å². The molecule has 0 amide bonds. The van der Waals surface area contributed by atoms with Crippen molar-refractivity contribution < 1.29 is 36.9 Å². The second-order valence-electron chi connectivity index (χ2n) is 13.1. The first kappa shape index (κ1) is 44.9. The normalized spacial score (nSPS) is 10.9. The molecule has 0 saturated heterocycles. The summed E-state index contributed by atoms with van der Waals surface area (Å²) in [6, 6.07) is 0. The van der Waals surface area contributed by atoms with Gasteiger partial charge in [-0.3, -0.25) is 0 Å². The Bertz CT molecular complexity index is 476. The second-order valence-corrected chi connectivity index (χ2v) is 13.1. The zero-order valence-electron chi connectivity index (χ0n) is 27.9. The molecule has 0 aliphatic carbocycles. The maximum atomic E-state index is 10.2. The number of unbranched alkanes of at least 4 members (excludes halogenated alkanes) is 22.